The average Bonchev–Trinajstić information content (AvgIpc) is 2.47. The highest BCUT2D eigenvalue weighted by atomic mass is 32.2. The number of nitrogens with one attached hydrogen (secondary N) is 1. The monoisotopic (exact) mass is 367 g/mol. The van der Waals surface area contributed by atoms with Crippen LogP contribution in [0.15, 0.2) is 23.1 Å². The lowest BCUT2D eigenvalue weighted by Crippen LogP contribution is -2.39. The third kappa shape index (κ3) is 4.40. The first kappa shape index (κ1) is 19.8. The number of anilines is 1. The number of benzene rings is 1. The summed E-state index contributed by atoms with van der Waals surface area (Å²) in [6.45, 7) is 4.63. The predicted octanol–water partition coefficient (Wildman–Crippen LogP) is 0.944. The molecule has 0 aliphatic rings. The second kappa shape index (κ2) is 7.12. The normalized spacial score (nSPS) is 14.3. The maximum atomic E-state index is 14.1. The summed E-state index contributed by atoms with van der Waals surface area (Å²) in [4.78, 5) is -0.273. The smallest absolute Gasteiger partial charge is 0.243 e. The van der Waals surface area contributed by atoms with Gasteiger partial charge in [-0.05, 0) is 39.0 Å². The molecule has 0 spiro atoms. The van der Waals surface area contributed by atoms with E-state index in [9.17, 15) is 21.2 Å². The van der Waals surface area contributed by atoms with E-state index >= 15 is 0 Å². The fourth-order valence-corrected chi connectivity index (χ4v) is 3.65. The molecular weight excluding hydrogens is 345 g/mol. The van der Waals surface area contributed by atoms with Crippen LogP contribution in [0.1, 0.15) is 20.8 Å². The van der Waals surface area contributed by atoms with Crippen molar-refractivity contribution in [3.8, 4) is 0 Å². The van der Waals surface area contributed by atoms with Gasteiger partial charge in [0.25, 0.3) is 0 Å². The summed E-state index contributed by atoms with van der Waals surface area (Å²) in [7, 11) is -6.29. The topological polar surface area (TPSA) is 110 Å². The largest absolute Gasteiger partial charge is 0.329 e. The fraction of sp³-hybridized carbons (Fsp3) is 0.538. The second-order valence-corrected chi connectivity index (χ2v) is 9.68. The molecule has 0 saturated carbocycles. The van der Waals surface area contributed by atoms with Crippen molar-refractivity contribution in [1.29, 1.82) is 0 Å². The van der Waals surface area contributed by atoms with Gasteiger partial charge in [0.15, 0.2) is 0 Å². The van der Waals surface area contributed by atoms with Crippen molar-refractivity contribution in [2.45, 2.75) is 37.0 Å². The number of nitrogens with zero attached hydrogens (tertiary/aromatic N) is 1. The minimum Gasteiger partial charge on any atom is -0.329 e. The van der Waals surface area contributed by atoms with Crippen LogP contribution in [0.3, 0.4) is 0 Å². The summed E-state index contributed by atoms with van der Waals surface area (Å²) >= 11 is 0. The quantitative estimate of drug-likeness (QED) is 0.745. The molecule has 3 N–H and O–H groups in total. The van der Waals surface area contributed by atoms with Crippen LogP contribution in [-0.4, -0.2) is 46.0 Å². The van der Waals surface area contributed by atoms with Gasteiger partial charge in [-0.25, -0.2) is 21.2 Å². The zero-order chi connectivity index (χ0) is 18.0. The van der Waals surface area contributed by atoms with Gasteiger partial charge in [0, 0.05) is 19.6 Å². The molecule has 1 rings (SSSR count). The van der Waals surface area contributed by atoms with Crippen LogP contribution in [0.2, 0.25) is 0 Å². The molecule has 0 fully saturated rings. The third-order valence-electron chi connectivity index (χ3n) is 3.45. The maximum Gasteiger partial charge on any atom is 0.243 e. The number of likely N-dealkylation sites (N-methyl/N-ethyl adjacent to an activating group) is 1. The fourth-order valence-electron chi connectivity index (χ4n) is 1.56. The van der Waals surface area contributed by atoms with E-state index in [1.165, 1.54) is 20.9 Å². The lowest BCUT2D eigenvalue weighted by atomic mass is 10.3. The van der Waals surface area contributed by atoms with Crippen molar-refractivity contribution in [1.82, 2.24) is 4.31 Å². The molecule has 0 amide bonds. The summed E-state index contributed by atoms with van der Waals surface area (Å²) in [6.07, 6.45) is 0. The molecule has 10 heteroatoms. The second-order valence-electron chi connectivity index (χ2n) is 5.44. The molecule has 0 saturated heterocycles. The molecule has 1 aromatic rings. The number of halogens is 1. The van der Waals surface area contributed by atoms with E-state index in [1.807, 2.05) is 0 Å². The number of rotatable bonds is 7. The zero-order valence-corrected chi connectivity index (χ0v) is 15.1. The van der Waals surface area contributed by atoms with Crippen LogP contribution in [0.4, 0.5) is 10.1 Å². The van der Waals surface area contributed by atoms with Crippen LogP contribution in [-0.2, 0) is 20.0 Å². The minimum atomic E-state index is -3.91. The highest BCUT2D eigenvalue weighted by Crippen LogP contribution is 2.23. The molecule has 0 heterocycles. The van der Waals surface area contributed by atoms with Gasteiger partial charge in [-0.2, -0.15) is 4.31 Å². The Morgan fingerprint density at radius 2 is 1.78 bits per heavy atom. The Kier molecular flexibility index (Phi) is 6.13. The van der Waals surface area contributed by atoms with Gasteiger partial charge in [-0.3, -0.25) is 4.72 Å². The minimum absolute atomic E-state index is 0.116. The first-order chi connectivity index (χ1) is 10.4. The molecule has 0 aliphatic carbocycles. The van der Waals surface area contributed by atoms with E-state index < -0.39 is 37.2 Å². The lowest BCUT2D eigenvalue weighted by molar-refractivity contribution is 0.394. The van der Waals surface area contributed by atoms with Crippen molar-refractivity contribution in [2.24, 2.45) is 5.73 Å². The summed E-state index contributed by atoms with van der Waals surface area (Å²) < 4.78 is 65.4. The van der Waals surface area contributed by atoms with E-state index in [4.69, 9.17) is 5.73 Å². The predicted molar refractivity (Wildman–Crippen MR) is 87.5 cm³/mol. The Bertz CT molecular complexity index is 763. The Labute approximate surface area is 136 Å². The van der Waals surface area contributed by atoms with E-state index in [0.29, 0.717) is 0 Å². The number of hydrogen-bond donors (Lipinski definition) is 2. The van der Waals surface area contributed by atoms with E-state index in [1.54, 1.807) is 6.92 Å². The molecular formula is C13H22FN3O4S2. The lowest BCUT2D eigenvalue weighted by Gasteiger charge is -2.23. The molecule has 23 heavy (non-hydrogen) atoms. The van der Waals surface area contributed by atoms with Gasteiger partial charge < -0.3 is 5.73 Å². The highest BCUT2D eigenvalue weighted by molar-refractivity contribution is 7.93. The number of nitrogens with two attached hydrogens (primary N) is 1. The van der Waals surface area contributed by atoms with E-state index in [2.05, 4.69) is 4.72 Å². The van der Waals surface area contributed by atoms with Gasteiger partial charge in [0.2, 0.25) is 20.0 Å². The van der Waals surface area contributed by atoms with Crippen molar-refractivity contribution in [2.75, 3.05) is 18.3 Å². The zero-order valence-electron chi connectivity index (χ0n) is 13.4. The summed E-state index contributed by atoms with van der Waals surface area (Å²) in [6, 6.07) is 2.56. The van der Waals surface area contributed by atoms with Crippen LogP contribution in [0.25, 0.3) is 0 Å². The van der Waals surface area contributed by atoms with E-state index in [-0.39, 0.29) is 17.1 Å². The summed E-state index contributed by atoms with van der Waals surface area (Å²) in [5, 5.41) is -0.748. The van der Waals surface area contributed by atoms with Crippen LogP contribution >= 0.6 is 0 Å². The Morgan fingerprint density at radius 1 is 1.22 bits per heavy atom. The van der Waals surface area contributed by atoms with Crippen LogP contribution in [0, 0.1) is 5.82 Å². The first-order valence-electron chi connectivity index (χ1n) is 6.92. The van der Waals surface area contributed by atoms with Crippen molar-refractivity contribution in [3.05, 3.63) is 24.0 Å². The van der Waals surface area contributed by atoms with Gasteiger partial charge in [-0.1, -0.05) is 0 Å². The molecule has 0 radical (unpaired) electrons. The van der Waals surface area contributed by atoms with Crippen LogP contribution < -0.4 is 10.5 Å². The molecule has 1 atom stereocenters. The van der Waals surface area contributed by atoms with E-state index in [0.717, 1.165) is 22.5 Å². The van der Waals surface area contributed by atoms with Gasteiger partial charge in [0.1, 0.15) is 5.82 Å². The Morgan fingerprint density at radius 3 is 2.22 bits per heavy atom. The molecule has 1 aromatic carbocycles. The molecule has 0 aliphatic heterocycles. The van der Waals surface area contributed by atoms with Crippen molar-refractivity contribution >= 4 is 25.7 Å². The molecule has 7 nitrogen and oxygen atoms in total. The SMILES string of the molecule is CC(CN)N(C)S(=O)(=O)c1ccc(NS(=O)(=O)C(C)C)c(F)c1. The average molecular weight is 367 g/mol. The van der Waals surface area contributed by atoms with Gasteiger partial charge in [0.05, 0.1) is 15.8 Å². The first-order valence-corrected chi connectivity index (χ1v) is 9.91. The van der Waals surface area contributed by atoms with Crippen LogP contribution in [0.5, 0.6) is 0 Å². The summed E-state index contributed by atoms with van der Waals surface area (Å²) in [5.41, 5.74) is 5.14. The molecule has 132 valence electrons. The van der Waals surface area contributed by atoms with Crippen molar-refractivity contribution < 1.29 is 21.2 Å². The molecule has 1 unspecified atom stereocenters. The molecule has 0 bridgehead atoms. The van der Waals surface area contributed by atoms with Gasteiger partial charge >= 0.3 is 0 Å². The van der Waals surface area contributed by atoms with Crippen molar-refractivity contribution in [3.63, 3.8) is 0 Å². The maximum absolute atomic E-state index is 14.1. The number of hydrogen-bond acceptors (Lipinski definition) is 5. The Balaban J connectivity index is 3.19. The third-order valence-corrected chi connectivity index (χ3v) is 7.17. The molecule has 0 aromatic heterocycles. The summed E-state index contributed by atoms with van der Waals surface area (Å²) in [5.74, 6) is -0.968. The standard InChI is InChI=1S/C13H22FN3O4S2/c1-9(2)22(18,19)16-13-6-5-11(7-12(13)14)23(20,21)17(4)10(3)8-15/h5-7,9-10,16H,8,15H2,1-4H3. The highest BCUT2D eigenvalue weighted by Gasteiger charge is 2.26. The number of sulfonamides is 2. The Hall–Kier alpha value is -1.23. The van der Waals surface area contributed by atoms with Gasteiger partial charge in [-0.15, -0.1) is 0 Å².